The van der Waals surface area contributed by atoms with Gasteiger partial charge in [0.05, 0.1) is 28.7 Å². The third kappa shape index (κ3) is 3.90. The Labute approximate surface area is 175 Å². The predicted octanol–water partition coefficient (Wildman–Crippen LogP) is 5.12. The Balaban J connectivity index is 1.61. The van der Waals surface area contributed by atoms with Crippen molar-refractivity contribution >= 4 is 50.0 Å². The molecule has 4 rings (SSSR count). The van der Waals surface area contributed by atoms with Gasteiger partial charge in [-0.3, -0.25) is 14.6 Å². The lowest BCUT2D eigenvalue weighted by Crippen LogP contribution is -2.28. The average Bonchev–Trinajstić information content (AvgIpc) is 3.19. The summed E-state index contributed by atoms with van der Waals surface area (Å²) in [6.45, 7) is 0. The third-order valence-corrected chi connectivity index (χ3v) is 4.87. The highest BCUT2D eigenvalue weighted by molar-refractivity contribution is 9.10. The van der Waals surface area contributed by atoms with E-state index in [1.807, 2.05) is 30.3 Å². The van der Waals surface area contributed by atoms with Crippen LogP contribution in [-0.4, -0.2) is 23.8 Å². The van der Waals surface area contributed by atoms with Gasteiger partial charge in [0.2, 0.25) is 0 Å². The molecule has 29 heavy (non-hydrogen) atoms. The van der Waals surface area contributed by atoms with Gasteiger partial charge in [0.25, 0.3) is 11.8 Å². The fraction of sp³-hybridized carbons (Fsp3) is 0.0455. The first-order valence-electron chi connectivity index (χ1n) is 8.81. The summed E-state index contributed by atoms with van der Waals surface area (Å²) in [6.07, 6.45) is 1.61. The van der Waals surface area contributed by atoms with Crippen LogP contribution < -0.4 is 10.2 Å². The third-order valence-electron chi connectivity index (χ3n) is 4.45. The summed E-state index contributed by atoms with van der Waals surface area (Å²) in [6, 6.07) is 19.6. The summed E-state index contributed by atoms with van der Waals surface area (Å²) in [5, 5.41) is 3.78. The van der Waals surface area contributed by atoms with Gasteiger partial charge < -0.3 is 14.6 Å². The number of rotatable bonds is 4. The average molecular weight is 450 g/mol. The van der Waals surface area contributed by atoms with Gasteiger partial charge in [-0.1, -0.05) is 30.3 Å². The topological polar surface area (TPSA) is 75.4 Å². The van der Waals surface area contributed by atoms with Crippen LogP contribution in [0.3, 0.4) is 0 Å². The minimum Gasteiger partial charge on any atom is -0.444 e. The standard InChI is InChI=1S/C22H16BrN3O3/c1-26(22(28)19-10-11-20(23)29-19)18-9-5-3-7-16(18)21(27)25-15-12-14-6-2-4-8-17(14)24-13-15/h2-13H,1H3,(H,25,27). The minimum absolute atomic E-state index is 0.174. The highest BCUT2D eigenvalue weighted by Crippen LogP contribution is 2.24. The maximum Gasteiger partial charge on any atom is 0.293 e. The number of benzene rings is 2. The highest BCUT2D eigenvalue weighted by Gasteiger charge is 2.22. The maximum atomic E-state index is 12.9. The number of hydrogen-bond donors (Lipinski definition) is 1. The second kappa shape index (κ2) is 7.89. The molecule has 0 bridgehead atoms. The zero-order valence-electron chi connectivity index (χ0n) is 15.4. The van der Waals surface area contributed by atoms with Crippen molar-refractivity contribution in [2.75, 3.05) is 17.3 Å². The number of carbonyl (C=O) groups is 2. The molecule has 4 aromatic rings. The zero-order valence-corrected chi connectivity index (χ0v) is 17.0. The van der Waals surface area contributed by atoms with Crippen molar-refractivity contribution in [1.29, 1.82) is 0 Å². The van der Waals surface area contributed by atoms with Crippen LogP contribution in [0.15, 0.2) is 82.0 Å². The Morgan fingerprint density at radius 3 is 2.59 bits per heavy atom. The number of fused-ring (bicyclic) bond motifs is 1. The number of aromatic nitrogens is 1. The van der Waals surface area contributed by atoms with Gasteiger partial charge in [0.1, 0.15) is 0 Å². The molecule has 0 aliphatic heterocycles. The molecule has 0 fully saturated rings. The molecule has 0 radical (unpaired) electrons. The van der Waals surface area contributed by atoms with Crippen molar-refractivity contribution in [1.82, 2.24) is 4.98 Å². The summed E-state index contributed by atoms with van der Waals surface area (Å²) in [7, 11) is 1.60. The van der Waals surface area contributed by atoms with E-state index in [2.05, 4.69) is 26.2 Å². The van der Waals surface area contributed by atoms with Gasteiger partial charge in [0, 0.05) is 12.4 Å². The molecule has 2 heterocycles. The Morgan fingerprint density at radius 1 is 1.03 bits per heavy atom. The molecule has 7 heteroatoms. The summed E-state index contributed by atoms with van der Waals surface area (Å²) >= 11 is 3.19. The van der Waals surface area contributed by atoms with Crippen LogP contribution in [0.4, 0.5) is 11.4 Å². The van der Waals surface area contributed by atoms with Gasteiger partial charge in [-0.15, -0.1) is 0 Å². The van der Waals surface area contributed by atoms with Gasteiger partial charge in [0.15, 0.2) is 10.4 Å². The van der Waals surface area contributed by atoms with Crippen LogP contribution in [0.5, 0.6) is 0 Å². The Morgan fingerprint density at radius 2 is 1.79 bits per heavy atom. The molecular formula is C22H16BrN3O3. The smallest absolute Gasteiger partial charge is 0.293 e. The number of para-hydroxylation sites is 2. The van der Waals surface area contributed by atoms with Crippen LogP contribution in [0.2, 0.25) is 0 Å². The van der Waals surface area contributed by atoms with Gasteiger partial charge >= 0.3 is 0 Å². The molecule has 144 valence electrons. The number of hydrogen-bond acceptors (Lipinski definition) is 4. The van der Waals surface area contributed by atoms with Crippen LogP contribution >= 0.6 is 15.9 Å². The van der Waals surface area contributed by atoms with Gasteiger partial charge in [-0.2, -0.15) is 0 Å². The van der Waals surface area contributed by atoms with E-state index in [0.29, 0.717) is 21.6 Å². The van der Waals surface area contributed by atoms with Crippen LogP contribution in [0.1, 0.15) is 20.9 Å². The van der Waals surface area contributed by atoms with Crippen molar-refractivity contribution in [3.8, 4) is 0 Å². The number of halogens is 1. The van der Waals surface area contributed by atoms with E-state index in [4.69, 9.17) is 4.42 Å². The van der Waals surface area contributed by atoms with E-state index in [-0.39, 0.29) is 17.6 Å². The van der Waals surface area contributed by atoms with E-state index in [1.54, 1.807) is 49.6 Å². The predicted molar refractivity (Wildman–Crippen MR) is 115 cm³/mol. The van der Waals surface area contributed by atoms with Crippen LogP contribution in [0, 0.1) is 0 Å². The van der Waals surface area contributed by atoms with E-state index < -0.39 is 0 Å². The molecule has 0 saturated carbocycles. The zero-order chi connectivity index (χ0) is 20.4. The van der Waals surface area contributed by atoms with Gasteiger partial charge in [-0.25, -0.2) is 0 Å². The van der Waals surface area contributed by atoms with E-state index >= 15 is 0 Å². The lowest BCUT2D eigenvalue weighted by atomic mass is 10.1. The molecule has 0 spiro atoms. The lowest BCUT2D eigenvalue weighted by Gasteiger charge is -2.19. The normalized spacial score (nSPS) is 10.7. The van der Waals surface area contributed by atoms with Crippen molar-refractivity contribution in [2.45, 2.75) is 0 Å². The van der Waals surface area contributed by atoms with Gasteiger partial charge in [-0.05, 0) is 52.3 Å². The molecule has 0 aliphatic carbocycles. The molecule has 0 saturated heterocycles. The fourth-order valence-corrected chi connectivity index (χ4v) is 3.31. The summed E-state index contributed by atoms with van der Waals surface area (Å²) in [5.74, 6) is -0.519. The molecule has 6 nitrogen and oxygen atoms in total. The summed E-state index contributed by atoms with van der Waals surface area (Å²) < 4.78 is 5.80. The summed E-state index contributed by atoms with van der Waals surface area (Å²) in [4.78, 5) is 31.4. The molecule has 0 unspecified atom stereocenters. The molecule has 2 aromatic carbocycles. The first kappa shape index (κ1) is 18.9. The maximum absolute atomic E-state index is 12.9. The first-order valence-corrected chi connectivity index (χ1v) is 9.61. The Bertz CT molecular complexity index is 1220. The summed E-state index contributed by atoms with van der Waals surface area (Å²) in [5.41, 5.74) is 2.26. The largest absolute Gasteiger partial charge is 0.444 e. The lowest BCUT2D eigenvalue weighted by molar-refractivity contribution is 0.0965. The fourth-order valence-electron chi connectivity index (χ4n) is 3.00. The van der Waals surface area contributed by atoms with E-state index in [9.17, 15) is 9.59 Å². The molecule has 2 aromatic heterocycles. The first-order chi connectivity index (χ1) is 14.0. The second-order valence-corrected chi connectivity index (χ2v) is 7.14. The number of furan rings is 1. The highest BCUT2D eigenvalue weighted by atomic mass is 79.9. The van der Waals surface area contributed by atoms with Crippen LogP contribution in [-0.2, 0) is 0 Å². The molecule has 0 aliphatic rings. The second-order valence-electron chi connectivity index (χ2n) is 6.36. The SMILES string of the molecule is CN(C(=O)c1ccc(Br)o1)c1ccccc1C(=O)Nc1cnc2ccccc2c1. The monoisotopic (exact) mass is 449 g/mol. The number of carbonyl (C=O) groups excluding carboxylic acids is 2. The van der Waals surface area contributed by atoms with Crippen LogP contribution in [0.25, 0.3) is 10.9 Å². The van der Waals surface area contributed by atoms with Crippen molar-refractivity contribution in [3.05, 3.63) is 88.9 Å². The molecule has 2 amide bonds. The minimum atomic E-state index is -0.358. The van der Waals surface area contributed by atoms with E-state index in [1.165, 1.54) is 4.90 Å². The number of pyridine rings is 1. The van der Waals surface area contributed by atoms with Crippen molar-refractivity contribution in [2.24, 2.45) is 0 Å². The molecule has 1 N–H and O–H groups in total. The molecular weight excluding hydrogens is 434 g/mol. The number of nitrogens with one attached hydrogen (secondary N) is 1. The van der Waals surface area contributed by atoms with E-state index in [0.717, 1.165) is 10.9 Å². The molecule has 0 atom stereocenters. The Hall–Kier alpha value is -3.45. The number of nitrogens with zero attached hydrogens (tertiary/aromatic N) is 2. The number of amides is 2. The Kier molecular flexibility index (Phi) is 5.14. The van der Waals surface area contributed by atoms with Crippen molar-refractivity contribution < 1.29 is 14.0 Å². The number of anilines is 2. The van der Waals surface area contributed by atoms with Crippen molar-refractivity contribution in [3.63, 3.8) is 0 Å². The quantitative estimate of drug-likeness (QED) is 0.469.